The van der Waals surface area contributed by atoms with E-state index >= 15 is 0 Å². The molecule has 0 aliphatic carbocycles. The number of nitrogens with zero attached hydrogens (tertiary/aromatic N) is 3. The first-order chi connectivity index (χ1) is 12.7. The number of rotatable bonds is 4. The number of piperidine rings is 1. The third-order valence-corrected chi connectivity index (χ3v) is 4.77. The van der Waals surface area contributed by atoms with Crippen molar-refractivity contribution < 1.29 is 4.79 Å². The zero-order chi connectivity index (χ0) is 18.4. The number of nitriles is 2. The number of carbonyl (C=O) groups excluding carboxylic acids is 1. The summed E-state index contributed by atoms with van der Waals surface area (Å²) in [5.74, 6) is 0.0392. The van der Waals surface area contributed by atoms with Crippen LogP contribution in [0, 0.1) is 28.6 Å². The number of nitrogens with one attached hydrogen (secondary N) is 1. The van der Waals surface area contributed by atoms with E-state index in [1.165, 1.54) is 0 Å². The van der Waals surface area contributed by atoms with Gasteiger partial charge < -0.3 is 10.2 Å². The molecule has 0 atom stereocenters. The van der Waals surface area contributed by atoms with Gasteiger partial charge >= 0.3 is 0 Å². The van der Waals surface area contributed by atoms with E-state index in [1.54, 1.807) is 18.2 Å². The lowest BCUT2D eigenvalue weighted by atomic mass is 9.94. The van der Waals surface area contributed by atoms with E-state index in [2.05, 4.69) is 22.4 Å². The van der Waals surface area contributed by atoms with Crippen molar-refractivity contribution >= 4 is 11.6 Å². The third kappa shape index (κ3) is 3.84. The molecule has 3 rings (SSSR count). The molecule has 0 unspecified atom stereocenters. The highest BCUT2D eigenvalue weighted by Gasteiger charge is 2.27. The molecule has 0 bridgehead atoms. The largest absolute Gasteiger partial charge is 0.369 e. The lowest BCUT2D eigenvalue weighted by Gasteiger charge is -2.34. The molecule has 5 nitrogen and oxygen atoms in total. The summed E-state index contributed by atoms with van der Waals surface area (Å²) in [6.45, 7) is 1.86. The van der Waals surface area contributed by atoms with Crippen LogP contribution in [-0.2, 0) is 11.3 Å². The number of para-hydroxylation sites is 1. The predicted molar refractivity (Wildman–Crippen MR) is 99.1 cm³/mol. The summed E-state index contributed by atoms with van der Waals surface area (Å²) in [5, 5.41) is 21.7. The van der Waals surface area contributed by atoms with E-state index in [4.69, 9.17) is 0 Å². The Hall–Kier alpha value is -3.31. The van der Waals surface area contributed by atoms with Crippen LogP contribution in [0.4, 0.5) is 5.69 Å². The first kappa shape index (κ1) is 17.5. The van der Waals surface area contributed by atoms with Crippen LogP contribution >= 0.6 is 0 Å². The fourth-order valence-corrected chi connectivity index (χ4v) is 3.36. The van der Waals surface area contributed by atoms with Gasteiger partial charge in [0, 0.05) is 25.6 Å². The summed E-state index contributed by atoms with van der Waals surface area (Å²) in [6, 6.07) is 19.4. The normalized spacial score (nSPS) is 14.3. The van der Waals surface area contributed by atoms with Crippen LogP contribution in [0.25, 0.3) is 0 Å². The lowest BCUT2D eigenvalue weighted by molar-refractivity contribution is -0.125. The van der Waals surface area contributed by atoms with Gasteiger partial charge in [-0.3, -0.25) is 4.79 Å². The van der Waals surface area contributed by atoms with Crippen LogP contribution in [0.15, 0.2) is 48.5 Å². The van der Waals surface area contributed by atoms with Crippen molar-refractivity contribution in [2.45, 2.75) is 19.4 Å². The quantitative estimate of drug-likeness (QED) is 0.925. The lowest BCUT2D eigenvalue weighted by Crippen LogP contribution is -2.40. The highest BCUT2D eigenvalue weighted by Crippen LogP contribution is 2.29. The van der Waals surface area contributed by atoms with Gasteiger partial charge in [0.1, 0.15) is 12.1 Å². The third-order valence-electron chi connectivity index (χ3n) is 4.77. The summed E-state index contributed by atoms with van der Waals surface area (Å²) in [5.41, 5.74) is 2.80. The number of amides is 1. The minimum atomic E-state index is -0.0326. The number of hydrogen-bond acceptors (Lipinski definition) is 4. The Morgan fingerprint density at radius 1 is 1.00 bits per heavy atom. The Labute approximate surface area is 153 Å². The van der Waals surface area contributed by atoms with E-state index in [0.29, 0.717) is 49.3 Å². The van der Waals surface area contributed by atoms with E-state index in [9.17, 15) is 15.3 Å². The van der Waals surface area contributed by atoms with Crippen LogP contribution in [0.2, 0.25) is 0 Å². The number of carbonyl (C=O) groups is 1. The molecule has 130 valence electrons. The fraction of sp³-hybridized carbons (Fsp3) is 0.286. The van der Waals surface area contributed by atoms with Gasteiger partial charge in [-0.2, -0.15) is 10.5 Å². The number of benzene rings is 2. The van der Waals surface area contributed by atoms with Crippen molar-refractivity contribution in [3.63, 3.8) is 0 Å². The van der Waals surface area contributed by atoms with E-state index in [-0.39, 0.29) is 11.8 Å². The topological polar surface area (TPSA) is 79.9 Å². The maximum absolute atomic E-state index is 12.4. The van der Waals surface area contributed by atoms with Crippen molar-refractivity contribution in [1.82, 2.24) is 5.32 Å². The molecule has 5 heteroatoms. The van der Waals surface area contributed by atoms with Gasteiger partial charge in [-0.05, 0) is 30.5 Å². The smallest absolute Gasteiger partial charge is 0.223 e. The first-order valence-electron chi connectivity index (χ1n) is 8.72. The molecule has 1 amide bonds. The van der Waals surface area contributed by atoms with Gasteiger partial charge in [0.15, 0.2) is 0 Å². The van der Waals surface area contributed by atoms with Crippen LogP contribution < -0.4 is 10.2 Å². The average Bonchev–Trinajstić information content (AvgIpc) is 2.72. The van der Waals surface area contributed by atoms with E-state index in [1.807, 2.05) is 30.3 Å². The summed E-state index contributed by atoms with van der Waals surface area (Å²) < 4.78 is 0. The molecule has 2 aromatic rings. The maximum atomic E-state index is 12.4. The first-order valence-corrected chi connectivity index (χ1v) is 8.72. The monoisotopic (exact) mass is 344 g/mol. The van der Waals surface area contributed by atoms with Crippen LogP contribution in [0.5, 0.6) is 0 Å². The predicted octanol–water partition coefficient (Wildman–Crippen LogP) is 2.96. The van der Waals surface area contributed by atoms with Crippen molar-refractivity contribution in [3.05, 3.63) is 65.2 Å². The minimum Gasteiger partial charge on any atom is -0.369 e. The second kappa shape index (κ2) is 8.18. The van der Waals surface area contributed by atoms with Gasteiger partial charge in [0.05, 0.1) is 16.8 Å². The Morgan fingerprint density at radius 2 is 1.62 bits per heavy atom. The molecule has 0 radical (unpaired) electrons. The van der Waals surface area contributed by atoms with Gasteiger partial charge in [-0.1, -0.05) is 36.4 Å². The summed E-state index contributed by atoms with van der Waals surface area (Å²) in [4.78, 5) is 14.5. The highest BCUT2D eigenvalue weighted by molar-refractivity contribution is 5.79. The molecule has 1 aliphatic rings. The molecule has 1 aliphatic heterocycles. The van der Waals surface area contributed by atoms with E-state index in [0.717, 1.165) is 5.56 Å². The zero-order valence-corrected chi connectivity index (χ0v) is 14.5. The second-order valence-corrected chi connectivity index (χ2v) is 6.39. The van der Waals surface area contributed by atoms with Gasteiger partial charge in [0.2, 0.25) is 5.91 Å². The zero-order valence-electron chi connectivity index (χ0n) is 14.5. The Morgan fingerprint density at radius 3 is 2.19 bits per heavy atom. The summed E-state index contributed by atoms with van der Waals surface area (Å²) in [6.07, 6.45) is 1.43. The molecule has 0 saturated carbocycles. The molecule has 0 spiro atoms. The molecule has 1 heterocycles. The van der Waals surface area contributed by atoms with Crippen LogP contribution in [0.1, 0.15) is 29.5 Å². The second-order valence-electron chi connectivity index (χ2n) is 6.39. The Kier molecular flexibility index (Phi) is 5.51. The Balaban J connectivity index is 1.61. The van der Waals surface area contributed by atoms with Gasteiger partial charge in [-0.25, -0.2) is 0 Å². The molecule has 1 saturated heterocycles. The van der Waals surface area contributed by atoms with Crippen LogP contribution in [-0.4, -0.2) is 19.0 Å². The molecule has 1 N–H and O–H groups in total. The maximum Gasteiger partial charge on any atom is 0.223 e. The van der Waals surface area contributed by atoms with E-state index < -0.39 is 0 Å². The standard InChI is InChI=1S/C21H20N4O/c22-13-18-7-4-8-19(14-23)20(18)25-11-9-17(10-12-25)21(26)24-15-16-5-2-1-3-6-16/h1-8,17H,9-12,15H2,(H,24,26). The van der Waals surface area contributed by atoms with Crippen LogP contribution in [0.3, 0.4) is 0 Å². The molecule has 0 aromatic heterocycles. The highest BCUT2D eigenvalue weighted by atomic mass is 16.1. The fourth-order valence-electron chi connectivity index (χ4n) is 3.36. The number of anilines is 1. The molecular weight excluding hydrogens is 324 g/mol. The van der Waals surface area contributed by atoms with Crippen molar-refractivity contribution in [1.29, 1.82) is 10.5 Å². The molecule has 26 heavy (non-hydrogen) atoms. The Bertz CT molecular complexity index is 824. The van der Waals surface area contributed by atoms with Crippen molar-refractivity contribution in [3.8, 4) is 12.1 Å². The average molecular weight is 344 g/mol. The molecule has 1 fully saturated rings. The van der Waals surface area contributed by atoms with Gasteiger partial charge in [0.25, 0.3) is 0 Å². The number of hydrogen-bond donors (Lipinski definition) is 1. The van der Waals surface area contributed by atoms with Crippen molar-refractivity contribution in [2.24, 2.45) is 5.92 Å². The van der Waals surface area contributed by atoms with Gasteiger partial charge in [-0.15, -0.1) is 0 Å². The molecular formula is C21H20N4O. The molecule has 2 aromatic carbocycles. The summed E-state index contributed by atoms with van der Waals surface area (Å²) >= 11 is 0. The SMILES string of the molecule is N#Cc1cccc(C#N)c1N1CCC(C(=O)NCc2ccccc2)CC1. The minimum absolute atomic E-state index is 0.0326. The summed E-state index contributed by atoms with van der Waals surface area (Å²) in [7, 11) is 0. The van der Waals surface area contributed by atoms with Crippen molar-refractivity contribution in [2.75, 3.05) is 18.0 Å².